The number of nitrogens with one attached hydrogen (secondary N) is 1. The van der Waals surface area contributed by atoms with E-state index in [1.54, 1.807) is 0 Å². The topological polar surface area (TPSA) is 38.0 Å². The lowest BCUT2D eigenvalue weighted by Crippen LogP contribution is -2.16. The number of hydrogen-bond acceptors (Lipinski definition) is 2. The predicted molar refractivity (Wildman–Crippen MR) is 60.4 cm³/mol. The van der Waals surface area contributed by atoms with Gasteiger partial charge in [-0.2, -0.15) is 0 Å². The van der Waals surface area contributed by atoms with Gasteiger partial charge in [0.05, 0.1) is 0 Å². The average molecular weight is 190 g/mol. The third-order valence-corrected chi connectivity index (χ3v) is 2.94. The summed E-state index contributed by atoms with van der Waals surface area (Å²) in [5.74, 6) is 0.502. The van der Waals surface area contributed by atoms with Crippen LogP contribution in [0.2, 0.25) is 0 Å². The zero-order valence-electron chi connectivity index (χ0n) is 8.88. The van der Waals surface area contributed by atoms with Gasteiger partial charge in [0.15, 0.2) is 0 Å². The van der Waals surface area contributed by atoms with E-state index in [9.17, 15) is 0 Å². The van der Waals surface area contributed by atoms with Crippen molar-refractivity contribution >= 4 is 5.69 Å². The van der Waals surface area contributed by atoms with Gasteiger partial charge < -0.3 is 11.1 Å². The molecule has 2 nitrogen and oxygen atoms in total. The summed E-state index contributed by atoms with van der Waals surface area (Å²) in [5, 5.41) is 3.35. The molecule has 1 heterocycles. The number of rotatable bonds is 2. The molecule has 1 atom stereocenters. The summed E-state index contributed by atoms with van der Waals surface area (Å²) in [6.07, 6.45) is 1.13. The zero-order valence-corrected chi connectivity index (χ0v) is 8.88. The second-order valence-corrected chi connectivity index (χ2v) is 4.36. The minimum absolute atomic E-state index is 0.167. The molecule has 0 aliphatic carbocycles. The number of nitrogens with two attached hydrogens (primary N) is 1. The highest BCUT2D eigenvalue weighted by Crippen LogP contribution is 2.27. The molecule has 0 bridgehead atoms. The maximum atomic E-state index is 6.11. The molecule has 3 N–H and O–H groups in total. The largest absolute Gasteiger partial charge is 0.384 e. The summed E-state index contributed by atoms with van der Waals surface area (Å²) < 4.78 is 0. The van der Waals surface area contributed by atoms with Crippen LogP contribution in [0.25, 0.3) is 0 Å². The quantitative estimate of drug-likeness (QED) is 0.751. The maximum Gasteiger partial charge on any atom is 0.0373 e. The number of hydrogen-bond donors (Lipinski definition) is 2. The molecule has 2 heteroatoms. The van der Waals surface area contributed by atoms with Crippen molar-refractivity contribution in [3.8, 4) is 0 Å². The van der Waals surface area contributed by atoms with Gasteiger partial charge in [0.1, 0.15) is 0 Å². The van der Waals surface area contributed by atoms with Gasteiger partial charge in [-0.15, -0.1) is 0 Å². The van der Waals surface area contributed by atoms with Gasteiger partial charge in [-0.1, -0.05) is 26.0 Å². The number of anilines is 1. The highest BCUT2D eigenvalue weighted by Gasteiger charge is 2.14. The van der Waals surface area contributed by atoms with Crippen molar-refractivity contribution in [2.75, 3.05) is 11.9 Å². The Hall–Kier alpha value is -1.02. The molecule has 0 spiro atoms. The van der Waals surface area contributed by atoms with E-state index in [2.05, 4.69) is 37.4 Å². The summed E-state index contributed by atoms with van der Waals surface area (Å²) >= 11 is 0. The predicted octanol–water partition coefficient (Wildman–Crippen LogP) is 2.31. The van der Waals surface area contributed by atoms with Gasteiger partial charge in [0.2, 0.25) is 0 Å². The smallest absolute Gasteiger partial charge is 0.0373 e. The van der Waals surface area contributed by atoms with Crippen LogP contribution in [0.4, 0.5) is 5.69 Å². The van der Waals surface area contributed by atoms with Crippen LogP contribution in [-0.4, -0.2) is 6.54 Å². The van der Waals surface area contributed by atoms with E-state index in [4.69, 9.17) is 5.73 Å². The molecule has 0 radical (unpaired) electrons. The standard InChI is InChI=1S/C12H18N2/c1-8(2)12(13)10-3-4-11-9(7-10)5-6-14-11/h3-4,7-8,12,14H,5-6,13H2,1-2H3/t12-/m0/s1. The first-order valence-corrected chi connectivity index (χ1v) is 5.31. The van der Waals surface area contributed by atoms with Gasteiger partial charge >= 0.3 is 0 Å². The van der Waals surface area contributed by atoms with Crippen LogP contribution in [-0.2, 0) is 6.42 Å². The Morgan fingerprint density at radius 2 is 2.14 bits per heavy atom. The molecule has 0 fully saturated rings. The molecule has 0 unspecified atom stereocenters. The fourth-order valence-corrected chi connectivity index (χ4v) is 1.92. The molecule has 76 valence electrons. The molecule has 1 aliphatic rings. The Balaban J connectivity index is 2.28. The zero-order chi connectivity index (χ0) is 10.1. The van der Waals surface area contributed by atoms with E-state index in [0.29, 0.717) is 5.92 Å². The molecule has 1 aromatic rings. The molecule has 1 aromatic carbocycles. The van der Waals surface area contributed by atoms with Crippen LogP contribution < -0.4 is 11.1 Å². The molecule has 0 aromatic heterocycles. The van der Waals surface area contributed by atoms with Gasteiger partial charge in [-0.05, 0) is 29.5 Å². The van der Waals surface area contributed by atoms with Crippen LogP contribution in [0.1, 0.15) is 31.0 Å². The third kappa shape index (κ3) is 1.62. The Labute approximate surface area is 85.5 Å². The van der Waals surface area contributed by atoms with Crippen molar-refractivity contribution < 1.29 is 0 Å². The van der Waals surface area contributed by atoms with E-state index in [0.717, 1.165) is 13.0 Å². The highest BCUT2D eigenvalue weighted by molar-refractivity contribution is 5.56. The van der Waals surface area contributed by atoms with Crippen molar-refractivity contribution in [2.24, 2.45) is 11.7 Å². The first kappa shape index (κ1) is 9.53. The molecular formula is C12H18N2. The second-order valence-electron chi connectivity index (χ2n) is 4.36. The lowest BCUT2D eigenvalue weighted by molar-refractivity contribution is 0.514. The molecule has 0 saturated carbocycles. The lowest BCUT2D eigenvalue weighted by Gasteiger charge is -2.16. The van der Waals surface area contributed by atoms with E-state index in [1.807, 2.05) is 0 Å². The molecule has 1 aliphatic heterocycles. The van der Waals surface area contributed by atoms with Crippen molar-refractivity contribution in [3.05, 3.63) is 29.3 Å². The van der Waals surface area contributed by atoms with Crippen LogP contribution in [0.5, 0.6) is 0 Å². The van der Waals surface area contributed by atoms with Crippen LogP contribution >= 0.6 is 0 Å². The molecule has 14 heavy (non-hydrogen) atoms. The molecule has 0 amide bonds. The monoisotopic (exact) mass is 190 g/mol. The van der Waals surface area contributed by atoms with Gasteiger partial charge in [-0.3, -0.25) is 0 Å². The van der Waals surface area contributed by atoms with Gasteiger partial charge in [0, 0.05) is 18.3 Å². The summed E-state index contributed by atoms with van der Waals surface area (Å²) in [6, 6.07) is 6.71. The third-order valence-electron chi connectivity index (χ3n) is 2.94. The van der Waals surface area contributed by atoms with Crippen molar-refractivity contribution in [1.82, 2.24) is 0 Å². The Kier molecular flexibility index (Phi) is 2.46. The fraction of sp³-hybridized carbons (Fsp3) is 0.500. The van der Waals surface area contributed by atoms with Gasteiger partial charge in [-0.25, -0.2) is 0 Å². The summed E-state index contributed by atoms with van der Waals surface area (Å²) in [4.78, 5) is 0. The minimum Gasteiger partial charge on any atom is -0.384 e. The van der Waals surface area contributed by atoms with E-state index in [1.165, 1.54) is 16.8 Å². The normalized spacial score (nSPS) is 16.6. The summed E-state index contributed by atoms with van der Waals surface area (Å²) in [7, 11) is 0. The lowest BCUT2D eigenvalue weighted by atomic mass is 9.95. The van der Waals surface area contributed by atoms with Crippen molar-refractivity contribution in [3.63, 3.8) is 0 Å². The Bertz CT molecular complexity index is 331. The SMILES string of the molecule is CC(C)[C@H](N)c1ccc2c(c1)CCN2. The molecule has 0 saturated heterocycles. The molecular weight excluding hydrogens is 172 g/mol. The van der Waals surface area contributed by atoms with Crippen molar-refractivity contribution in [2.45, 2.75) is 26.3 Å². The average Bonchev–Trinajstić information content (AvgIpc) is 2.62. The number of benzene rings is 1. The Morgan fingerprint density at radius 3 is 2.86 bits per heavy atom. The summed E-state index contributed by atoms with van der Waals surface area (Å²) in [6.45, 7) is 5.39. The van der Waals surface area contributed by atoms with E-state index in [-0.39, 0.29) is 6.04 Å². The van der Waals surface area contributed by atoms with Crippen molar-refractivity contribution in [1.29, 1.82) is 0 Å². The second kappa shape index (κ2) is 3.62. The molecule has 2 rings (SSSR count). The fourth-order valence-electron chi connectivity index (χ4n) is 1.92. The van der Waals surface area contributed by atoms with Gasteiger partial charge in [0.25, 0.3) is 0 Å². The Morgan fingerprint density at radius 1 is 1.36 bits per heavy atom. The van der Waals surface area contributed by atoms with Crippen LogP contribution in [0, 0.1) is 5.92 Å². The summed E-state index contributed by atoms with van der Waals surface area (Å²) in [5.41, 5.74) is 10.1. The minimum atomic E-state index is 0.167. The van der Waals surface area contributed by atoms with Crippen LogP contribution in [0.15, 0.2) is 18.2 Å². The first-order valence-electron chi connectivity index (χ1n) is 5.31. The van der Waals surface area contributed by atoms with E-state index < -0.39 is 0 Å². The highest BCUT2D eigenvalue weighted by atomic mass is 14.9. The van der Waals surface area contributed by atoms with Crippen LogP contribution in [0.3, 0.4) is 0 Å². The first-order chi connectivity index (χ1) is 6.68. The van der Waals surface area contributed by atoms with E-state index >= 15 is 0 Å². The maximum absolute atomic E-state index is 6.11. The number of fused-ring (bicyclic) bond motifs is 1.